The summed E-state index contributed by atoms with van der Waals surface area (Å²) < 4.78 is 0. The Labute approximate surface area is 115 Å². The van der Waals surface area contributed by atoms with Gasteiger partial charge in [0, 0.05) is 31.9 Å². The molecule has 2 unspecified atom stereocenters. The van der Waals surface area contributed by atoms with Crippen LogP contribution in [0.25, 0.3) is 0 Å². The number of carbonyl (C=O) groups excluding carboxylic acids is 1. The van der Waals surface area contributed by atoms with Crippen LogP contribution in [0.3, 0.4) is 0 Å². The highest BCUT2D eigenvalue weighted by Gasteiger charge is 2.33. The predicted molar refractivity (Wildman–Crippen MR) is 75.5 cm³/mol. The lowest BCUT2D eigenvalue weighted by molar-refractivity contribution is -0.135. The van der Waals surface area contributed by atoms with Crippen molar-refractivity contribution in [3.05, 3.63) is 30.1 Å². The lowest BCUT2D eigenvalue weighted by atomic mass is 9.95. The van der Waals surface area contributed by atoms with Crippen LogP contribution in [0.4, 0.5) is 0 Å². The zero-order chi connectivity index (χ0) is 13.7. The van der Waals surface area contributed by atoms with Gasteiger partial charge in [0.2, 0.25) is 5.91 Å². The lowest BCUT2D eigenvalue weighted by Crippen LogP contribution is -2.37. The van der Waals surface area contributed by atoms with E-state index in [0.29, 0.717) is 12.5 Å². The van der Waals surface area contributed by atoms with Crippen LogP contribution in [0, 0.1) is 11.8 Å². The van der Waals surface area contributed by atoms with Gasteiger partial charge in [0.1, 0.15) is 0 Å². The second kappa shape index (κ2) is 6.66. The number of pyridine rings is 1. The molecule has 1 aliphatic rings. The highest BCUT2D eigenvalue weighted by atomic mass is 16.2. The molecule has 1 aromatic heterocycles. The highest BCUT2D eigenvalue weighted by Crippen LogP contribution is 2.32. The van der Waals surface area contributed by atoms with Gasteiger partial charge in [0.15, 0.2) is 0 Å². The summed E-state index contributed by atoms with van der Waals surface area (Å²) >= 11 is 0. The Morgan fingerprint density at radius 3 is 2.84 bits per heavy atom. The summed E-state index contributed by atoms with van der Waals surface area (Å²) in [5.41, 5.74) is 6.97. The zero-order valence-corrected chi connectivity index (χ0v) is 11.6. The summed E-state index contributed by atoms with van der Waals surface area (Å²) in [5, 5.41) is 0. The minimum Gasteiger partial charge on any atom is -0.345 e. The molecule has 0 spiro atoms. The number of likely N-dealkylation sites (N-methyl/N-ethyl adjacent to an activating group) is 1. The molecule has 104 valence electrons. The summed E-state index contributed by atoms with van der Waals surface area (Å²) in [6, 6.07) is 3.99. The number of carbonyl (C=O) groups is 1. The summed E-state index contributed by atoms with van der Waals surface area (Å²) in [5.74, 6) is 0.797. The number of hydrogen-bond acceptors (Lipinski definition) is 3. The highest BCUT2D eigenvalue weighted by molar-refractivity contribution is 5.79. The molecule has 19 heavy (non-hydrogen) atoms. The topological polar surface area (TPSA) is 59.2 Å². The Kier molecular flexibility index (Phi) is 4.91. The van der Waals surface area contributed by atoms with E-state index in [9.17, 15) is 4.79 Å². The van der Waals surface area contributed by atoms with E-state index >= 15 is 0 Å². The number of nitrogens with two attached hydrogens (primary N) is 1. The molecule has 1 amide bonds. The fourth-order valence-corrected chi connectivity index (χ4v) is 2.88. The molecule has 1 fully saturated rings. The predicted octanol–water partition coefficient (Wildman–Crippen LogP) is 1.46. The molecule has 0 saturated heterocycles. The van der Waals surface area contributed by atoms with Crippen molar-refractivity contribution < 1.29 is 4.79 Å². The van der Waals surface area contributed by atoms with E-state index in [2.05, 4.69) is 4.98 Å². The van der Waals surface area contributed by atoms with Crippen LogP contribution >= 0.6 is 0 Å². The van der Waals surface area contributed by atoms with Crippen LogP contribution in [0.15, 0.2) is 24.5 Å². The maximum atomic E-state index is 12.4. The standard InChI is InChI=1S/C15H23N3O/c1-18(10-7-12-5-8-17-9-6-12)15(19)14-4-2-3-13(14)11-16/h5-6,8-9,13-14H,2-4,7,10-11,16H2,1H3. The average Bonchev–Trinajstić information content (AvgIpc) is 2.93. The van der Waals surface area contributed by atoms with Crippen molar-refractivity contribution in [2.24, 2.45) is 17.6 Å². The van der Waals surface area contributed by atoms with Gasteiger partial charge in [0.25, 0.3) is 0 Å². The lowest BCUT2D eigenvalue weighted by Gasteiger charge is -2.24. The van der Waals surface area contributed by atoms with Crippen molar-refractivity contribution >= 4 is 5.91 Å². The largest absolute Gasteiger partial charge is 0.345 e. The Bertz CT molecular complexity index is 407. The van der Waals surface area contributed by atoms with E-state index in [0.717, 1.165) is 32.2 Å². The third-order valence-electron chi connectivity index (χ3n) is 4.14. The van der Waals surface area contributed by atoms with Gasteiger partial charge in [-0.1, -0.05) is 6.42 Å². The first-order valence-electron chi connectivity index (χ1n) is 7.06. The molecule has 0 radical (unpaired) electrons. The molecule has 0 aliphatic heterocycles. The Morgan fingerprint density at radius 1 is 1.42 bits per heavy atom. The van der Waals surface area contributed by atoms with Crippen LogP contribution in [-0.2, 0) is 11.2 Å². The molecule has 1 aliphatic carbocycles. The van der Waals surface area contributed by atoms with E-state index in [1.165, 1.54) is 5.56 Å². The number of hydrogen-bond donors (Lipinski definition) is 1. The van der Waals surface area contributed by atoms with Gasteiger partial charge >= 0.3 is 0 Å². The van der Waals surface area contributed by atoms with Gasteiger partial charge in [-0.15, -0.1) is 0 Å². The Hall–Kier alpha value is -1.42. The molecule has 1 heterocycles. The van der Waals surface area contributed by atoms with Crippen LogP contribution < -0.4 is 5.73 Å². The van der Waals surface area contributed by atoms with Crippen LogP contribution in [0.2, 0.25) is 0 Å². The van der Waals surface area contributed by atoms with Crippen LogP contribution in [0.5, 0.6) is 0 Å². The quantitative estimate of drug-likeness (QED) is 0.873. The van der Waals surface area contributed by atoms with Gasteiger partial charge in [-0.3, -0.25) is 9.78 Å². The van der Waals surface area contributed by atoms with Gasteiger partial charge in [-0.2, -0.15) is 0 Å². The minimum atomic E-state index is 0.146. The van der Waals surface area contributed by atoms with Crippen LogP contribution in [-0.4, -0.2) is 35.9 Å². The van der Waals surface area contributed by atoms with Crippen molar-refractivity contribution in [1.29, 1.82) is 0 Å². The summed E-state index contributed by atoms with van der Waals surface area (Å²) in [6.07, 6.45) is 7.70. The smallest absolute Gasteiger partial charge is 0.225 e. The number of rotatable bonds is 5. The average molecular weight is 261 g/mol. The molecule has 2 N–H and O–H groups in total. The van der Waals surface area contributed by atoms with Gasteiger partial charge in [0.05, 0.1) is 0 Å². The van der Waals surface area contributed by atoms with E-state index in [4.69, 9.17) is 5.73 Å². The SMILES string of the molecule is CN(CCc1ccncc1)C(=O)C1CCCC1CN. The monoisotopic (exact) mass is 261 g/mol. The maximum absolute atomic E-state index is 12.4. The number of nitrogens with zero attached hydrogens (tertiary/aromatic N) is 2. The van der Waals surface area contributed by atoms with Crippen molar-refractivity contribution in [1.82, 2.24) is 9.88 Å². The fourth-order valence-electron chi connectivity index (χ4n) is 2.88. The molecule has 0 aromatic carbocycles. The number of aromatic nitrogens is 1. The van der Waals surface area contributed by atoms with Crippen molar-refractivity contribution in [3.63, 3.8) is 0 Å². The maximum Gasteiger partial charge on any atom is 0.225 e. The molecule has 1 saturated carbocycles. The molecular weight excluding hydrogens is 238 g/mol. The minimum absolute atomic E-state index is 0.146. The third-order valence-corrected chi connectivity index (χ3v) is 4.14. The zero-order valence-electron chi connectivity index (χ0n) is 11.6. The molecule has 2 atom stereocenters. The summed E-state index contributed by atoms with van der Waals surface area (Å²) in [7, 11) is 1.90. The second-order valence-corrected chi connectivity index (χ2v) is 5.40. The summed E-state index contributed by atoms with van der Waals surface area (Å²) in [6.45, 7) is 1.39. The molecule has 4 nitrogen and oxygen atoms in total. The van der Waals surface area contributed by atoms with Crippen molar-refractivity contribution in [3.8, 4) is 0 Å². The second-order valence-electron chi connectivity index (χ2n) is 5.40. The molecular formula is C15H23N3O. The molecule has 1 aromatic rings. The Balaban J connectivity index is 1.85. The molecule has 0 bridgehead atoms. The summed E-state index contributed by atoms with van der Waals surface area (Å²) in [4.78, 5) is 18.3. The normalized spacial score (nSPS) is 22.4. The molecule has 4 heteroatoms. The van der Waals surface area contributed by atoms with Gasteiger partial charge in [-0.05, 0) is 49.4 Å². The van der Waals surface area contributed by atoms with E-state index in [-0.39, 0.29) is 11.8 Å². The Morgan fingerprint density at radius 2 is 2.16 bits per heavy atom. The van der Waals surface area contributed by atoms with E-state index < -0.39 is 0 Å². The first kappa shape index (κ1) is 14.0. The third kappa shape index (κ3) is 3.53. The molecule has 2 rings (SSSR count). The fraction of sp³-hybridized carbons (Fsp3) is 0.600. The van der Waals surface area contributed by atoms with Gasteiger partial charge in [-0.25, -0.2) is 0 Å². The first-order valence-corrected chi connectivity index (χ1v) is 7.06. The van der Waals surface area contributed by atoms with Crippen LogP contribution in [0.1, 0.15) is 24.8 Å². The van der Waals surface area contributed by atoms with Crippen molar-refractivity contribution in [2.45, 2.75) is 25.7 Å². The number of amides is 1. The van der Waals surface area contributed by atoms with E-state index in [1.54, 1.807) is 12.4 Å². The van der Waals surface area contributed by atoms with Crippen molar-refractivity contribution in [2.75, 3.05) is 20.1 Å². The first-order chi connectivity index (χ1) is 9.22. The van der Waals surface area contributed by atoms with Gasteiger partial charge < -0.3 is 10.6 Å². The van der Waals surface area contributed by atoms with E-state index in [1.807, 2.05) is 24.1 Å².